The van der Waals surface area contributed by atoms with Crippen molar-refractivity contribution in [2.75, 3.05) is 6.61 Å². The monoisotopic (exact) mass is 493 g/mol. The average molecular weight is 494 g/mol. The number of halogens is 2. The number of carbonyl (C=O) groups is 1. The van der Waals surface area contributed by atoms with E-state index < -0.39 is 21.7 Å². The molecule has 0 radical (unpaired) electrons. The maximum Gasteiger partial charge on any atom is 0.363 e. The maximum atomic E-state index is 13.2. The molecule has 9 heteroatoms. The van der Waals surface area contributed by atoms with Crippen molar-refractivity contribution in [1.29, 1.82) is 0 Å². The molecule has 2 aromatic carbocycles. The minimum Gasteiger partial charge on any atom is -0.463 e. The summed E-state index contributed by atoms with van der Waals surface area (Å²) in [6.45, 7) is 3.29. The number of nitrogens with zero attached hydrogens (tertiary/aromatic N) is 1. The zero-order valence-corrected chi connectivity index (χ0v) is 19.7. The Kier molecular flexibility index (Phi) is 8.12. The van der Waals surface area contributed by atoms with E-state index in [0.717, 1.165) is 5.56 Å². The number of hydrogen-bond donors (Lipinski definition) is 0. The van der Waals surface area contributed by atoms with Crippen molar-refractivity contribution in [3.05, 3.63) is 82.5 Å². The van der Waals surface area contributed by atoms with Crippen LogP contribution in [0, 0.1) is 0 Å². The molecule has 0 bridgehead atoms. The lowest BCUT2D eigenvalue weighted by molar-refractivity contribution is -0.153. The van der Waals surface area contributed by atoms with Crippen LogP contribution in [0.3, 0.4) is 0 Å². The van der Waals surface area contributed by atoms with Crippen molar-refractivity contribution in [3.63, 3.8) is 0 Å². The highest BCUT2D eigenvalue weighted by Crippen LogP contribution is 2.31. The first-order valence-corrected chi connectivity index (χ1v) is 11.8. The highest BCUT2D eigenvalue weighted by atomic mass is 35.5. The largest absolute Gasteiger partial charge is 0.463 e. The molecule has 3 aromatic rings. The number of esters is 1. The lowest BCUT2D eigenvalue weighted by Gasteiger charge is -2.27. The molecule has 2 unspecified atom stereocenters. The molecule has 3 rings (SSSR count). The van der Waals surface area contributed by atoms with Crippen molar-refractivity contribution in [3.8, 4) is 17.4 Å². The molecule has 0 saturated heterocycles. The molecule has 1 heterocycles. The van der Waals surface area contributed by atoms with Crippen molar-refractivity contribution < 1.29 is 23.2 Å². The SMILES string of the molecule is CCOC(=O)C(C)(Oc1ccc(Oc2ncc(Cl)cc2Cl)cc1)S(=O)Cc1ccccc1. The summed E-state index contributed by atoms with van der Waals surface area (Å²) in [5.41, 5.74) is 0.820. The summed E-state index contributed by atoms with van der Waals surface area (Å²) in [7, 11) is -1.72. The standard InChI is InChI=1S/C23H21Cl2NO5S/c1-3-29-22(27)23(2,32(28)15-16-7-5-4-6-8-16)31-19-11-9-18(10-12-19)30-21-20(25)13-17(24)14-26-21/h4-14H,3,15H2,1-2H3. The predicted molar refractivity (Wildman–Crippen MR) is 125 cm³/mol. The van der Waals surface area contributed by atoms with Gasteiger partial charge in [-0.2, -0.15) is 0 Å². The van der Waals surface area contributed by atoms with E-state index >= 15 is 0 Å². The first-order valence-electron chi connectivity index (χ1n) is 9.69. The van der Waals surface area contributed by atoms with Gasteiger partial charge in [-0.1, -0.05) is 53.5 Å². The quantitative estimate of drug-likeness (QED) is 0.351. The van der Waals surface area contributed by atoms with E-state index in [-0.39, 0.29) is 23.3 Å². The van der Waals surface area contributed by atoms with Gasteiger partial charge in [0.1, 0.15) is 16.5 Å². The lowest BCUT2D eigenvalue weighted by Crippen LogP contribution is -2.47. The normalized spacial score (nSPS) is 13.6. The topological polar surface area (TPSA) is 74.7 Å². The van der Waals surface area contributed by atoms with Gasteiger partial charge in [0.05, 0.1) is 28.2 Å². The van der Waals surface area contributed by atoms with E-state index in [1.54, 1.807) is 31.2 Å². The average Bonchev–Trinajstić information content (AvgIpc) is 2.77. The minimum atomic E-state index is -1.72. The highest BCUT2D eigenvalue weighted by Gasteiger charge is 2.44. The van der Waals surface area contributed by atoms with Crippen LogP contribution >= 0.6 is 23.2 Å². The van der Waals surface area contributed by atoms with Gasteiger partial charge >= 0.3 is 5.97 Å². The first kappa shape index (κ1) is 24.0. The van der Waals surface area contributed by atoms with Crippen LogP contribution in [0.2, 0.25) is 10.0 Å². The van der Waals surface area contributed by atoms with Gasteiger partial charge in [0.15, 0.2) is 0 Å². The summed E-state index contributed by atoms with van der Waals surface area (Å²) in [5, 5.41) is 0.664. The number of benzene rings is 2. The lowest BCUT2D eigenvalue weighted by atomic mass is 10.2. The van der Waals surface area contributed by atoms with E-state index in [9.17, 15) is 9.00 Å². The summed E-state index contributed by atoms with van der Waals surface area (Å²) in [5.74, 6) is 0.400. The molecule has 0 spiro atoms. The van der Waals surface area contributed by atoms with Crippen LogP contribution in [0.25, 0.3) is 0 Å². The molecule has 2 atom stereocenters. The molecular formula is C23H21Cl2NO5S. The van der Waals surface area contributed by atoms with Crippen LogP contribution in [0.5, 0.6) is 17.4 Å². The maximum absolute atomic E-state index is 13.2. The third-order valence-corrected chi connectivity index (χ3v) is 6.54. The van der Waals surface area contributed by atoms with Crippen LogP contribution < -0.4 is 9.47 Å². The molecule has 168 valence electrons. The van der Waals surface area contributed by atoms with Gasteiger partial charge in [-0.05, 0) is 49.7 Å². The number of hydrogen-bond acceptors (Lipinski definition) is 6. The number of aromatic nitrogens is 1. The number of pyridine rings is 1. The Morgan fingerprint density at radius 1 is 1.06 bits per heavy atom. The molecule has 0 aliphatic heterocycles. The Morgan fingerprint density at radius 2 is 1.72 bits per heavy atom. The van der Waals surface area contributed by atoms with Gasteiger partial charge in [0, 0.05) is 6.20 Å². The fraction of sp³-hybridized carbons (Fsp3) is 0.217. The molecule has 0 amide bonds. The first-order chi connectivity index (χ1) is 15.3. The second-order valence-corrected chi connectivity index (χ2v) is 9.36. The van der Waals surface area contributed by atoms with Crippen LogP contribution in [0.15, 0.2) is 66.9 Å². The summed E-state index contributed by atoms with van der Waals surface area (Å²) in [6.07, 6.45) is 1.42. The Balaban J connectivity index is 1.78. The van der Waals surface area contributed by atoms with Crippen LogP contribution in [-0.4, -0.2) is 26.7 Å². The molecule has 0 fully saturated rings. The number of carbonyl (C=O) groups excluding carboxylic acids is 1. The summed E-state index contributed by atoms with van der Waals surface area (Å²) >= 11 is 11.9. The Morgan fingerprint density at radius 3 is 2.34 bits per heavy atom. The van der Waals surface area contributed by atoms with E-state index in [4.69, 9.17) is 37.4 Å². The van der Waals surface area contributed by atoms with Crippen LogP contribution in [-0.2, 0) is 26.1 Å². The number of ether oxygens (including phenoxy) is 3. The Bertz CT molecular complexity index is 1100. The van der Waals surface area contributed by atoms with Crippen molar-refractivity contribution >= 4 is 40.0 Å². The molecule has 0 N–H and O–H groups in total. The second-order valence-electron chi connectivity index (χ2n) is 6.76. The van der Waals surface area contributed by atoms with E-state index in [1.165, 1.54) is 19.2 Å². The fourth-order valence-electron chi connectivity index (χ4n) is 2.70. The molecular weight excluding hydrogens is 473 g/mol. The summed E-state index contributed by atoms with van der Waals surface area (Å²) < 4.78 is 29.9. The number of rotatable bonds is 9. The van der Waals surface area contributed by atoms with E-state index in [1.807, 2.05) is 30.3 Å². The third-order valence-electron chi connectivity index (χ3n) is 4.35. The molecule has 0 aliphatic rings. The second kappa shape index (κ2) is 10.8. The summed E-state index contributed by atoms with van der Waals surface area (Å²) in [6, 6.07) is 17.2. The smallest absolute Gasteiger partial charge is 0.363 e. The van der Waals surface area contributed by atoms with Gasteiger partial charge < -0.3 is 14.2 Å². The molecule has 0 saturated carbocycles. The van der Waals surface area contributed by atoms with Gasteiger partial charge in [-0.15, -0.1) is 0 Å². The van der Waals surface area contributed by atoms with E-state index in [2.05, 4.69) is 4.98 Å². The van der Waals surface area contributed by atoms with Crippen LogP contribution in [0.1, 0.15) is 19.4 Å². The van der Waals surface area contributed by atoms with Crippen LogP contribution in [0.4, 0.5) is 0 Å². The molecule has 0 aliphatic carbocycles. The Hall–Kier alpha value is -2.61. The van der Waals surface area contributed by atoms with Crippen molar-refractivity contribution in [1.82, 2.24) is 4.98 Å². The molecule has 32 heavy (non-hydrogen) atoms. The zero-order valence-electron chi connectivity index (χ0n) is 17.4. The van der Waals surface area contributed by atoms with Gasteiger partial charge in [-0.3, -0.25) is 4.21 Å². The fourth-order valence-corrected chi connectivity index (χ4v) is 4.32. The minimum absolute atomic E-state index is 0.137. The Labute approximate surface area is 198 Å². The molecule has 6 nitrogen and oxygen atoms in total. The van der Waals surface area contributed by atoms with Crippen molar-refractivity contribution in [2.24, 2.45) is 0 Å². The predicted octanol–water partition coefficient (Wildman–Crippen LogP) is 5.79. The van der Waals surface area contributed by atoms with Gasteiger partial charge in [0.25, 0.3) is 4.93 Å². The molecule has 1 aromatic heterocycles. The zero-order chi connectivity index (χ0) is 23.1. The van der Waals surface area contributed by atoms with Gasteiger partial charge in [-0.25, -0.2) is 9.78 Å². The van der Waals surface area contributed by atoms with Gasteiger partial charge in [0.2, 0.25) is 5.88 Å². The van der Waals surface area contributed by atoms with Crippen molar-refractivity contribution in [2.45, 2.75) is 24.5 Å². The third kappa shape index (κ3) is 6.00. The highest BCUT2D eigenvalue weighted by molar-refractivity contribution is 7.86. The van der Waals surface area contributed by atoms with E-state index in [0.29, 0.717) is 16.5 Å². The summed E-state index contributed by atoms with van der Waals surface area (Å²) in [4.78, 5) is 15.0.